The Kier molecular flexibility index (Phi) is 5.90. The summed E-state index contributed by atoms with van der Waals surface area (Å²) in [6, 6.07) is 66.2. The summed E-state index contributed by atoms with van der Waals surface area (Å²) in [5.41, 5.74) is 8.80. The fourth-order valence-corrected chi connectivity index (χ4v) is 10.1. The molecule has 0 atom stereocenters. The van der Waals surface area contributed by atoms with E-state index in [9.17, 15) is 0 Å². The van der Waals surface area contributed by atoms with Crippen LogP contribution in [0.15, 0.2) is 176 Å². The van der Waals surface area contributed by atoms with Crippen molar-refractivity contribution in [3.05, 3.63) is 187 Å². The predicted octanol–water partition coefficient (Wildman–Crippen LogP) is 15.0. The Labute approximate surface area is 313 Å². The van der Waals surface area contributed by atoms with E-state index < -0.39 is 0 Å². The van der Waals surface area contributed by atoms with Gasteiger partial charge in [0.1, 0.15) is 0 Å². The first-order chi connectivity index (χ1) is 26.5. The summed E-state index contributed by atoms with van der Waals surface area (Å²) < 4.78 is 0. The number of hydrogen-bond donors (Lipinski definition) is 0. The highest BCUT2D eigenvalue weighted by Gasteiger charge is 2.36. The third kappa shape index (κ3) is 3.94. The van der Waals surface area contributed by atoms with Crippen LogP contribution >= 0.6 is 0 Å². The lowest BCUT2D eigenvalue weighted by molar-refractivity contribution is 0.660. The molecule has 0 saturated heterocycles. The molecule has 0 unspecified atom stereocenters. The van der Waals surface area contributed by atoms with Crippen molar-refractivity contribution < 1.29 is 0 Å². The number of hydrogen-bond acceptors (Lipinski definition) is 1. The van der Waals surface area contributed by atoms with Crippen molar-refractivity contribution in [2.75, 3.05) is 4.90 Å². The van der Waals surface area contributed by atoms with Gasteiger partial charge in [0, 0.05) is 22.2 Å². The van der Waals surface area contributed by atoms with Crippen molar-refractivity contribution in [3.8, 4) is 11.1 Å². The highest BCUT2D eigenvalue weighted by molar-refractivity contribution is 6.37. The van der Waals surface area contributed by atoms with Crippen molar-refractivity contribution in [3.63, 3.8) is 0 Å². The fraction of sp³-hybridized carbons (Fsp3) is 0.0566. The van der Waals surface area contributed by atoms with Gasteiger partial charge in [-0.15, -0.1) is 0 Å². The maximum Gasteiger partial charge on any atom is 0.0540 e. The Morgan fingerprint density at radius 3 is 1.57 bits per heavy atom. The second-order valence-corrected chi connectivity index (χ2v) is 15.7. The summed E-state index contributed by atoms with van der Waals surface area (Å²) in [4.78, 5) is 2.52. The van der Waals surface area contributed by atoms with Crippen LogP contribution in [0.2, 0.25) is 0 Å². The molecule has 0 heterocycles. The van der Waals surface area contributed by atoms with Crippen LogP contribution in [-0.2, 0) is 5.41 Å². The van der Waals surface area contributed by atoms with E-state index in [0.29, 0.717) is 0 Å². The largest absolute Gasteiger partial charge is 0.310 e. The molecule has 0 aliphatic heterocycles. The summed E-state index contributed by atoms with van der Waals surface area (Å²) >= 11 is 0. The van der Waals surface area contributed by atoms with Crippen LogP contribution in [-0.4, -0.2) is 0 Å². The van der Waals surface area contributed by atoms with Gasteiger partial charge >= 0.3 is 0 Å². The van der Waals surface area contributed by atoms with Gasteiger partial charge in [0.2, 0.25) is 0 Å². The fourth-order valence-electron chi connectivity index (χ4n) is 10.1. The Morgan fingerprint density at radius 1 is 0.333 bits per heavy atom. The van der Waals surface area contributed by atoms with E-state index in [1.54, 1.807) is 0 Å². The molecule has 1 heteroatoms. The Hall–Kier alpha value is -6.70. The highest BCUT2D eigenvalue weighted by atomic mass is 15.1. The number of benzene rings is 10. The highest BCUT2D eigenvalue weighted by Crippen LogP contribution is 2.52. The lowest BCUT2D eigenvalue weighted by atomic mass is 9.82. The minimum absolute atomic E-state index is 0.116. The normalized spacial score (nSPS) is 13.5. The van der Waals surface area contributed by atoms with Crippen LogP contribution in [0.3, 0.4) is 0 Å². The first-order valence-corrected chi connectivity index (χ1v) is 19.0. The number of fused-ring (bicyclic) bond motifs is 6. The summed E-state index contributed by atoms with van der Waals surface area (Å²) in [7, 11) is 0. The molecule has 12 rings (SSSR count). The molecule has 0 bridgehead atoms. The van der Waals surface area contributed by atoms with Crippen molar-refractivity contribution >= 4 is 92.5 Å². The third-order valence-electron chi connectivity index (χ3n) is 12.5. The van der Waals surface area contributed by atoms with Gasteiger partial charge in [-0.3, -0.25) is 0 Å². The predicted molar refractivity (Wildman–Crippen MR) is 232 cm³/mol. The lowest BCUT2D eigenvalue weighted by Crippen LogP contribution is -2.16. The first-order valence-electron chi connectivity index (χ1n) is 19.0. The van der Waals surface area contributed by atoms with Gasteiger partial charge in [-0.2, -0.15) is 0 Å². The minimum atomic E-state index is -0.116. The molecule has 1 nitrogen and oxygen atoms in total. The molecule has 0 saturated carbocycles. The number of anilines is 3. The van der Waals surface area contributed by atoms with Crippen molar-refractivity contribution in [2.45, 2.75) is 19.3 Å². The van der Waals surface area contributed by atoms with Crippen molar-refractivity contribution in [1.82, 2.24) is 0 Å². The maximum atomic E-state index is 2.52. The zero-order valence-corrected chi connectivity index (χ0v) is 30.2. The average Bonchev–Trinajstić information content (AvgIpc) is 3.44. The molecular formula is C53H35N. The molecular weight excluding hydrogens is 651 g/mol. The Morgan fingerprint density at radius 2 is 0.852 bits per heavy atom. The van der Waals surface area contributed by atoms with Gasteiger partial charge in [0.15, 0.2) is 0 Å². The molecule has 54 heavy (non-hydrogen) atoms. The van der Waals surface area contributed by atoms with E-state index in [4.69, 9.17) is 0 Å². The van der Waals surface area contributed by atoms with Gasteiger partial charge in [-0.1, -0.05) is 159 Å². The molecule has 1 aliphatic rings. The van der Waals surface area contributed by atoms with E-state index >= 15 is 0 Å². The van der Waals surface area contributed by atoms with E-state index in [1.807, 2.05) is 0 Å². The van der Waals surface area contributed by atoms with Crippen LogP contribution in [0.1, 0.15) is 25.0 Å². The Bertz CT molecular complexity index is 3360. The monoisotopic (exact) mass is 685 g/mol. The number of rotatable bonds is 3. The van der Waals surface area contributed by atoms with Gasteiger partial charge in [0.05, 0.1) is 5.69 Å². The van der Waals surface area contributed by atoms with Crippen LogP contribution in [0.5, 0.6) is 0 Å². The van der Waals surface area contributed by atoms with Crippen LogP contribution in [0, 0.1) is 0 Å². The van der Waals surface area contributed by atoms with E-state index in [-0.39, 0.29) is 5.41 Å². The summed E-state index contributed by atoms with van der Waals surface area (Å²) in [5.74, 6) is 0. The van der Waals surface area contributed by atoms with Crippen LogP contribution < -0.4 is 4.90 Å². The second-order valence-electron chi connectivity index (χ2n) is 15.7. The van der Waals surface area contributed by atoms with Gasteiger partial charge in [-0.25, -0.2) is 0 Å². The topological polar surface area (TPSA) is 3.24 Å². The quantitative estimate of drug-likeness (QED) is 0.167. The van der Waals surface area contributed by atoms with Gasteiger partial charge < -0.3 is 4.90 Å². The van der Waals surface area contributed by atoms with E-state index in [0.717, 1.165) is 11.4 Å². The summed E-state index contributed by atoms with van der Waals surface area (Å²) in [6.07, 6.45) is 0. The number of nitrogens with zero attached hydrogens (tertiary/aromatic N) is 1. The average molecular weight is 686 g/mol. The zero-order valence-electron chi connectivity index (χ0n) is 30.2. The van der Waals surface area contributed by atoms with Crippen LogP contribution in [0.25, 0.3) is 86.5 Å². The molecule has 1 aliphatic carbocycles. The maximum absolute atomic E-state index is 2.52. The Balaban J connectivity index is 1.25. The second kappa shape index (κ2) is 10.7. The zero-order chi connectivity index (χ0) is 35.7. The van der Waals surface area contributed by atoms with Crippen molar-refractivity contribution in [1.29, 1.82) is 0 Å². The lowest BCUT2D eigenvalue weighted by Gasteiger charge is -2.30. The summed E-state index contributed by atoms with van der Waals surface area (Å²) in [5, 5.41) is 18.0. The van der Waals surface area contributed by atoms with E-state index in [2.05, 4.69) is 195 Å². The molecule has 11 aromatic rings. The van der Waals surface area contributed by atoms with E-state index in [1.165, 1.54) is 103 Å². The summed E-state index contributed by atoms with van der Waals surface area (Å²) in [6.45, 7) is 4.75. The van der Waals surface area contributed by atoms with Crippen LogP contribution in [0.4, 0.5) is 17.1 Å². The SMILES string of the molecule is CC1(C)c2ccccc2-c2ccc(N(c3cc4ccc5cccc6c7cccc8ccc9cccc(c(c3)c4c56)c9c87)c3cccc4ccccc34)cc21. The molecule has 0 spiro atoms. The molecule has 0 amide bonds. The smallest absolute Gasteiger partial charge is 0.0540 e. The molecule has 0 fully saturated rings. The third-order valence-corrected chi connectivity index (χ3v) is 12.5. The standard InChI is InChI=1S/C53H35N/c1-53(2)46-21-6-5-17-40(46)41-28-27-37(31-47(41)53)54(48-22-10-12-32-11-3-4-16-39(32)48)38-29-36-26-25-35-14-8-19-43-42-18-7-13-33-23-24-34-15-9-20-44(51(34)49(33)42)45(30-38)52(36)50(35)43/h3-31H,1-2H3. The molecule has 252 valence electrons. The molecule has 11 aromatic carbocycles. The molecule has 0 N–H and O–H groups in total. The molecule has 0 aromatic heterocycles. The van der Waals surface area contributed by atoms with Gasteiger partial charge in [-0.05, 0) is 123 Å². The minimum Gasteiger partial charge on any atom is -0.310 e. The molecule has 0 radical (unpaired) electrons. The van der Waals surface area contributed by atoms with Crippen molar-refractivity contribution in [2.24, 2.45) is 0 Å². The first kappa shape index (κ1) is 29.8. The van der Waals surface area contributed by atoms with Gasteiger partial charge in [0.25, 0.3) is 0 Å².